The molecule has 8 nitrogen and oxygen atoms in total. The summed E-state index contributed by atoms with van der Waals surface area (Å²) in [4.78, 5) is 22.1. The zero-order valence-electron chi connectivity index (χ0n) is 18.2. The highest BCUT2D eigenvalue weighted by Gasteiger charge is 2.23. The highest BCUT2D eigenvalue weighted by Crippen LogP contribution is 2.31. The lowest BCUT2D eigenvalue weighted by atomic mass is 10.1. The summed E-state index contributed by atoms with van der Waals surface area (Å²) in [5.74, 6) is 0.531. The van der Waals surface area contributed by atoms with E-state index >= 15 is 0 Å². The van der Waals surface area contributed by atoms with Crippen molar-refractivity contribution in [2.24, 2.45) is 7.05 Å². The van der Waals surface area contributed by atoms with Crippen LogP contribution in [0.3, 0.4) is 0 Å². The van der Waals surface area contributed by atoms with Crippen LogP contribution in [0.4, 0.5) is 11.1 Å². The Bertz CT molecular complexity index is 1380. The Balaban J connectivity index is 1.32. The molecule has 5 rings (SSSR count). The van der Waals surface area contributed by atoms with E-state index < -0.39 is 11.0 Å². The van der Waals surface area contributed by atoms with Crippen molar-refractivity contribution in [2.45, 2.75) is 18.9 Å². The molecule has 172 valence electrons. The summed E-state index contributed by atoms with van der Waals surface area (Å²) in [6.45, 7) is 1.45. The van der Waals surface area contributed by atoms with Crippen LogP contribution in [0.5, 0.6) is 0 Å². The van der Waals surface area contributed by atoms with Gasteiger partial charge in [0.15, 0.2) is 5.13 Å². The van der Waals surface area contributed by atoms with Crippen molar-refractivity contribution in [3.8, 4) is 0 Å². The number of hydrogen-bond donors (Lipinski definition) is 2. The van der Waals surface area contributed by atoms with Crippen LogP contribution in [0, 0.1) is 0 Å². The molecule has 2 aromatic heterocycles. The fourth-order valence-corrected chi connectivity index (χ4v) is 5.89. The van der Waals surface area contributed by atoms with Crippen LogP contribution in [0.25, 0.3) is 21.3 Å². The van der Waals surface area contributed by atoms with E-state index in [0.717, 1.165) is 52.3 Å². The molecule has 3 heterocycles. The lowest BCUT2D eigenvalue weighted by Gasteiger charge is -2.30. The summed E-state index contributed by atoms with van der Waals surface area (Å²) in [6, 6.07) is 11.2. The largest absolute Gasteiger partial charge is 0.349 e. The van der Waals surface area contributed by atoms with Gasteiger partial charge in [-0.05, 0) is 49.2 Å². The maximum atomic E-state index is 12.8. The highest BCUT2D eigenvalue weighted by atomic mass is 35.5. The van der Waals surface area contributed by atoms with Gasteiger partial charge in [-0.25, -0.2) is 18.5 Å². The van der Waals surface area contributed by atoms with E-state index in [1.54, 1.807) is 6.26 Å². The number of carbonyl (C=O) groups is 1. The minimum Gasteiger partial charge on any atom is -0.349 e. The van der Waals surface area contributed by atoms with Crippen LogP contribution < -0.4 is 10.6 Å². The second-order valence-corrected chi connectivity index (χ2v) is 10.9. The van der Waals surface area contributed by atoms with Crippen molar-refractivity contribution in [2.75, 3.05) is 24.7 Å². The average Bonchev–Trinajstić information content (AvgIpc) is 3.33. The highest BCUT2D eigenvalue weighted by molar-refractivity contribution is 7.81. The molecule has 0 radical (unpaired) electrons. The number of thiazole rings is 1. The van der Waals surface area contributed by atoms with Gasteiger partial charge in [0.2, 0.25) is 5.95 Å². The molecular formula is C22H23ClN6O2S2. The second-order valence-electron chi connectivity index (χ2n) is 8.05. The molecule has 0 bridgehead atoms. The number of benzene rings is 2. The molecule has 1 atom stereocenters. The number of anilines is 2. The van der Waals surface area contributed by atoms with Crippen LogP contribution in [-0.4, -0.2) is 54.3 Å². The molecule has 1 saturated heterocycles. The van der Waals surface area contributed by atoms with Crippen molar-refractivity contribution in [3.05, 3.63) is 47.0 Å². The van der Waals surface area contributed by atoms with Crippen molar-refractivity contribution in [1.82, 2.24) is 24.2 Å². The summed E-state index contributed by atoms with van der Waals surface area (Å²) in [5.41, 5.74) is 3.09. The summed E-state index contributed by atoms with van der Waals surface area (Å²) in [5, 5.41) is 7.79. The SMILES string of the molecule is Cn1c(Nc2nc3ccc(Cl)cc3s2)nc2cc(C(=O)NC3CCN(S(C)=O)CC3)ccc21. The average molecular weight is 503 g/mol. The smallest absolute Gasteiger partial charge is 0.251 e. The zero-order valence-corrected chi connectivity index (χ0v) is 20.6. The Kier molecular flexibility index (Phi) is 6.09. The maximum absolute atomic E-state index is 12.8. The molecule has 1 unspecified atom stereocenters. The number of aromatic nitrogens is 3. The Morgan fingerprint density at radius 1 is 1.15 bits per heavy atom. The monoisotopic (exact) mass is 502 g/mol. The Morgan fingerprint density at radius 2 is 1.94 bits per heavy atom. The van der Waals surface area contributed by atoms with Crippen molar-refractivity contribution >= 4 is 72.2 Å². The van der Waals surface area contributed by atoms with E-state index in [0.29, 0.717) is 16.5 Å². The molecule has 0 aliphatic carbocycles. The van der Waals surface area contributed by atoms with Gasteiger partial charge in [-0.3, -0.25) is 4.79 Å². The molecule has 2 N–H and O–H groups in total. The van der Waals surface area contributed by atoms with E-state index in [2.05, 4.69) is 20.6 Å². The molecule has 1 aliphatic heterocycles. The van der Waals surface area contributed by atoms with Crippen molar-refractivity contribution in [1.29, 1.82) is 0 Å². The first-order valence-electron chi connectivity index (χ1n) is 10.6. The first-order valence-corrected chi connectivity index (χ1v) is 13.3. The van der Waals surface area contributed by atoms with E-state index in [1.165, 1.54) is 11.3 Å². The summed E-state index contributed by atoms with van der Waals surface area (Å²) >= 11 is 7.59. The van der Waals surface area contributed by atoms with Gasteiger partial charge in [0.25, 0.3) is 5.91 Å². The minimum atomic E-state index is -0.958. The second kappa shape index (κ2) is 9.02. The summed E-state index contributed by atoms with van der Waals surface area (Å²) < 4.78 is 16.5. The standard InChI is InChI=1S/C22H23ClN6O2S2/c1-28-18-6-3-13(20(30)24-15-7-9-29(10-8-15)33(2)31)11-17(18)25-21(28)27-22-26-16-5-4-14(23)12-19(16)32-22/h3-6,11-12,15H,7-10H2,1-2H3,(H,24,30)(H,25,26,27). The molecule has 1 aliphatic rings. The first-order chi connectivity index (χ1) is 15.9. The van der Waals surface area contributed by atoms with Gasteiger partial charge in [0, 0.05) is 43.0 Å². The molecule has 1 fully saturated rings. The van der Waals surface area contributed by atoms with Gasteiger partial charge in [-0.1, -0.05) is 22.9 Å². The van der Waals surface area contributed by atoms with E-state index in [-0.39, 0.29) is 11.9 Å². The number of carbonyl (C=O) groups excluding carboxylic acids is 1. The quantitative estimate of drug-likeness (QED) is 0.429. The number of aryl methyl sites for hydroxylation is 1. The van der Waals surface area contributed by atoms with Crippen molar-refractivity contribution in [3.63, 3.8) is 0 Å². The molecule has 0 spiro atoms. The number of fused-ring (bicyclic) bond motifs is 2. The number of piperidine rings is 1. The van der Waals surface area contributed by atoms with Gasteiger partial charge >= 0.3 is 0 Å². The molecule has 4 aromatic rings. The Labute approximate surface area is 202 Å². The van der Waals surface area contributed by atoms with E-state index in [4.69, 9.17) is 11.6 Å². The van der Waals surface area contributed by atoms with Crippen LogP contribution in [0.15, 0.2) is 36.4 Å². The van der Waals surface area contributed by atoms with Crippen LogP contribution in [0.2, 0.25) is 5.02 Å². The summed E-state index contributed by atoms with van der Waals surface area (Å²) in [7, 11) is 0.966. The van der Waals surface area contributed by atoms with Crippen LogP contribution in [-0.2, 0) is 18.0 Å². The molecule has 33 heavy (non-hydrogen) atoms. The third-order valence-corrected chi connectivity index (χ3v) is 8.13. The maximum Gasteiger partial charge on any atom is 0.251 e. The van der Waals surface area contributed by atoms with Gasteiger partial charge in [0.05, 0.1) is 32.2 Å². The van der Waals surface area contributed by atoms with E-state index in [1.807, 2.05) is 52.3 Å². The number of imidazole rings is 1. The molecule has 0 saturated carbocycles. The first kappa shape index (κ1) is 22.3. The van der Waals surface area contributed by atoms with Crippen molar-refractivity contribution < 1.29 is 9.00 Å². The fraction of sp³-hybridized carbons (Fsp3) is 0.318. The predicted octanol–water partition coefficient (Wildman–Crippen LogP) is 4.07. The van der Waals surface area contributed by atoms with Gasteiger partial charge in [-0.15, -0.1) is 0 Å². The minimum absolute atomic E-state index is 0.0847. The van der Waals surface area contributed by atoms with Gasteiger partial charge < -0.3 is 15.2 Å². The number of nitrogens with one attached hydrogen (secondary N) is 2. The fourth-order valence-electron chi connectivity index (χ4n) is 4.03. The van der Waals surface area contributed by atoms with Gasteiger partial charge in [0.1, 0.15) is 0 Å². The number of hydrogen-bond acceptors (Lipinski definition) is 6. The Morgan fingerprint density at radius 3 is 2.70 bits per heavy atom. The van der Waals surface area contributed by atoms with Crippen LogP contribution >= 0.6 is 22.9 Å². The number of halogens is 1. The molecule has 1 amide bonds. The predicted molar refractivity (Wildman–Crippen MR) is 135 cm³/mol. The van der Waals surface area contributed by atoms with E-state index in [9.17, 15) is 9.00 Å². The lowest BCUT2D eigenvalue weighted by Crippen LogP contribution is -2.44. The molecule has 2 aromatic carbocycles. The summed E-state index contributed by atoms with van der Waals surface area (Å²) in [6.07, 6.45) is 3.27. The zero-order chi connectivity index (χ0) is 23.1. The number of rotatable bonds is 5. The Hall–Kier alpha value is -2.53. The topological polar surface area (TPSA) is 92.2 Å². The lowest BCUT2D eigenvalue weighted by molar-refractivity contribution is 0.0924. The van der Waals surface area contributed by atoms with Crippen LogP contribution in [0.1, 0.15) is 23.2 Å². The third-order valence-electron chi connectivity index (χ3n) is 5.86. The molecular weight excluding hydrogens is 480 g/mol. The number of amides is 1. The normalized spacial score (nSPS) is 16.3. The van der Waals surface area contributed by atoms with Gasteiger partial charge in [-0.2, -0.15) is 0 Å². The molecule has 11 heteroatoms. The third kappa shape index (κ3) is 4.61. The number of nitrogens with zero attached hydrogens (tertiary/aromatic N) is 4.